The second kappa shape index (κ2) is 7.86. The number of H-pyrrole nitrogens is 1. The van der Waals surface area contributed by atoms with Gasteiger partial charge in [0.15, 0.2) is 0 Å². The van der Waals surface area contributed by atoms with Crippen molar-refractivity contribution in [2.24, 2.45) is 0 Å². The van der Waals surface area contributed by atoms with Crippen molar-refractivity contribution in [3.63, 3.8) is 0 Å². The molecule has 144 valence electrons. The number of nitrogens with two attached hydrogens (primary N) is 1. The molecule has 2 aromatic heterocycles. The number of nitrogens with one attached hydrogen (secondary N) is 2. The van der Waals surface area contributed by atoms with Gasteiger partial charge in [-0.25, -0.2) is 4.68 Å². The fourth-order valence-corrected chi connectivity index (χ4v) is 3.25. The van der Waals surface area contributed by atoms with E-state index in [0.717, 1.165) is 11.1 Å². The van der Waals surface area contributed by atoms with Crippen LogP contribution in [0.4, 0.5) is 5.82 Å². The van der Waals surface area contributed by atoms with Gasteiger partial charge < -0.3 is 11.1 Å². The van der Waals surface area contributed by atoms with E-state index >= 15 is 0 Å². The van der Waals surface area contributed by atoms with E-state index in [2.05, 4.69) is 26.7 Å². The van der Waals surface area contributed by atoms with Gasteiger partial charge in [-0.15, -0.1) is 0 Å². The van der Waals surface area contributed by atoms with Crippen LogP contribution < -0.4 is 11.1 Å². The number of para-hydroxylation sites is 2. The Balaban J connectivity index is 1.42. The lowest BCUT2D eigenvalue weighted by Gasteiger charge is -2.05. The van der Waals surface area contributed by atoms with Gasteiger partial charge in [-0.3, -0.25) is 9.89 Å². The molecule has 0 fully saturated rings. The van der Waals surface area contributed by atoms with E-state index in [1.54, 1.807) is 16.9 Å². The van der Waals surface area contributed by atoms with Crippen molar-refractivity contribution in [1.82, 2.24) is 25.3 Å². The van der Waals surface area contributed by atoms with Crippen LogP contribution in [0.3, 0.4) is 0 Å². The molecule has 2 aromatic carbocycles. The van der Waals surface area contributed by atoms with Crippen LogP contribution in [-0.2, 0) is 6.42 Å². The Morgan fingerprint density at radius 3 is 2.83 bits per heavy atom. The lowest BCUT2D eigenvalue weighted by atomic mass is 10.1. The van der Waals surface area contributed by atoms with Crippen LogP contribution >= 0.6 is 0 Å². The molecular weight excluding hydrogens is 366 g/mol. The number of aryl methyl sites for hydroxylation is 1. The van der Waals surface area contributed by atoms with Gasteiger partial charge in [0.25, 0.3) is 5.91 Å². The molecule has 0 spiro atoms. The Morgan fingerprint density at radius 1 is 1.21 bits per heavy atom. The monoisotopic (exact) mass is 385 g/mol. The third-order valence-corrected chi connectivity index (χ3v) is 4.70. The summed E-state index contributed by atoms with van der Waals surface area (Å²) in [4.78, 5) is 12.5. The minimum absolute atomic E-state index is 0.172. The van der Waals surface area contributed by atoms with Crippen molar-refractivity contribution in [1.29, 1.82) is 5.26 Å². The number of aromatic amines is 1. The minimum Gasteiger partial charge on any atom is -0.382 e. The first-order valence-corrected chi connectivity index (χ1v) is 9.22. The molecule has 0 radical (unpaired) electrons. The van der Waals surface area contributed by atoms with Crippen molar-refractivity contribution in [2.75, 3.05) is 12.3 Å². The zero-order valence-corrected chi connectivity index (χ0v) is 15.6. The van der Waals surface area contributed by atoms with Crippen LogP contribution in [0.2, 0.25) is 0 Å². The number of hydrogen-bond donors (Lipinski definition) is 3. The number of nitrogens with zero attached hydrogens (tertiary/aromatic N) is 4. The first-order valence-electron chi connectivity index (χ1n) is 9.22. The van der Waals surface area contributed by atoms with E-state index in [1.807, 2.05) is 42.5 Å². The molecule has 8 heteroatoms. The van der Waals surface area contributed by atoms with E-state index in [9.17, 15) is 10.1 Å². The molecule has 0 atom stereocenters. The molecule has 8 nitrogen and oxygen atoms in total. The van der Waals surface area contributed by atoms with Crippen LogP contribution in [0.5, 0.6) is 0 Å². The van der Waals surface area contributed by atoms with Gasteiger partial charge in [-0.05, 0) is 31.0 Å². The van der Waals surface area contributed by atoms with Crippen LogP contribution in [0, 0.1) is 11.3 Å². The van der Waals surface area contributed by atoms with Gasteiger partial charge in [0.05, 0.1) is 28.7 Å². The molecule has 0 unspecified atom stereocenters. The number of rotatable bonds is 6. The van der Waals surface area contributed by atoms with E-state index in [-0.39, 0.29) is 5.91 Å². The standard InChI is InChI=1S/C21H19N7O/c22-12-17-18(27-28(20(17)23)15-7-2-1-3-8-15)10-5-11-24-21(29)16-9-4-6-14-13-25-26-19(14)16/h1-4,6-9,13H,5,10-11,23H2,(H,24,29)(H,25,26). The Hall–Kier alpha value is -4.12. The first kappa shape index (κ1) is 18.3. The number of fused-ring (bicyclic) bond motifs is 1. The highest BCUT2D eigenvalue weighted by Crippen LogP contribution is 2.21. The summed E-state index contributed by atoms with van der Waals surface area (Å²) in [6, 6.07) is 17.1. The van der Waals surface area contributed by atoms with E-state index in [4.69, 9.17) is 5.73 Å². The molecule has 0 bridgehead atoms. The maximum absolute atomic E-state index is 12.5. The minimum atomic E-state index is -0.172. The Labute approximate surface area is 167 Å². The van der Waals surface area contributed by atoms with Gasteiger partial charge in [-0.1, -0.05) is 30.3 Å². The SMILES string of the molecule is N#Cc1c(CCCNC(=O)c2cccc3cn[nH]c23)nn(-c2ccccc2)c1N. The molecule has 4 N–H and O–H groups in total. The maximum Gasteiger partial charge on any atom is 0.253 e. The summed E-state index contributed by atoms with van der Waals surface area (Å²) in [5.74, 6) is 0.151. The van der Waals surface area contributed by atoms with Crippen LogP contribution in [-0.4, -0.2) is 32.4 Å². The summed E-state index contributed by atoms with van der Waals surface area (Å²) in [6.07, 6.45) is 2.84. The highest BCUT2D eigenvalue weighted by molar-refractivity contribution is 6.05. The molecule has 4 aromatic rings. The molecule has 0 aliphatic heterocycles. The predicted octanol–water partition coefficient (Wildman–Crippen LogP) is 2.57. The first-order chi connectivity index (χ1) is 14.2. The van der Waals surface area contributed by atoms with E-state index in [1.165, 1.54) is 0 Å². The van der Waals surface area contributed by atoms with Crippen molar-refractivity contribution in [3.05, 3.63) is 71.5 Å². The summed E-state index contributed by atoms with van der Waals surface area (Å²) in [6.45, 7) is 0.451. The third-order valence-electron chi connectivity index (χ3n) is 4.70. The Kier molecular flexibility index (Phi) is 4.95. The lowest BCUT2D eigenvalue weighted by Crippen LogP contribution is -2.25. The molecule has 0 aliphatic carbocycles. The maximum atomic E-state index is 12.5. The number of anilines is 1. The van der Waals surface area contributed by atoms with Crippen molar-refractivity contribution < 1.29 is 4.79 Å². The number of carbonyl (C=O) groups is 1. The van der Waals surface area contributed by atoms with E-state index in [0.29, 0.717) is 47.5 Å². The number of amides is 1. The van der Waals surface area contributed by atoms with Crippen molar-refractivity contribution in [2.45, 2.75) is 12.8 Å². The van der Waals surface area contributed by atoms with Gasteiger partial charge in [0, 0.05) is 11.9 Å². The molecule has 1 amide bonds. The number of carbonyl (C=O) groups excluding carboxylic acids is 1. The number of aromatic nitrogens is 4. The summed E-state index contributed by atoms with van der Waals surface area (Å²) >= 11 is 0. The molecule has 0 aliphatic rings. The average Bonchev–Trinajstić information content (AvgIpc) is 3.35. The van der Waals surface area contributed by atoms with Crippen molar-refractivity contribution in [3.8, 4) is 11.8 Å². The van der Waals surface area contributed by atoms with E-state index < -0.39 is 0 Å². The molecular formula is C21H19N7O. The highest BCUT2D eigenvalue weighted by Gasteiger charge is 2.16. The zero-order chi connectivity index (χ0) is 20.2. The molecule has 29 heavy (non-hydrogen) atoms. The lowest BCUT2D eigenvalue weighted by molar-refractivity contribution is 0.0954. The number of hydrogen-bond acceptors (Lipinski definition) is 5. The fourth-order valence-electron chi connectivity index (χ4n) is 3.25. The normalized spacial score (nSPS) is 10.7. The second-order valence-electron chi connectivity index (χ2n) is 6.57. The number of benzene rings is 2. The Bertz CT molecular complexity index is 1200. The van der Waals surface area contributed by atoms with Gasteiger partial charge >= 0.3 is 0 Å². The topological polar surface area (TPSA) is 125 Å². The largest absolute Gasteiger partial charge is 0.382 e. The van der Waals surface area contributed by atoms with Gasteiger partial charge in [0.1, 0.15) is 17.5 Å². The smallest absolute Gasteiger partial charge is 0.253 e. The third kappa shape index (κ3) is 3.53. The molecule has 0 saturated carbocycles. The van der Waals surface area contributed by atoms with Crippen LogP contribution in [0.25, 0.3) is 16.6 Å². The van der Waals surface area contributed by atoms with Gasteiger partial charge in [0.2, 0.25) is 0 Å². The summed E-state index contributed by atoms with van der Waals surface area (Å²) < 4.78 is 1.57. The summed E-state index contributed by atoms with van der Waals surface area (Å²) in [5, 5.41) is 24.6. The van der Waals surface area contributed by atoms with Crippen LogP contribution in [0.15, 0.2) is 54.7 Å². The Morgan fingerprint density at radius 2 is 2.03 bits per heavy atom. The highest BCUT2D eigenvalue weighted by atomic mass is 16.1. The molecule has 4 rings (SSSR count). The second-order valence-corrected chi connectivity index (χ2v) is 6.57. The summed E-state index contributed by atoms with van der Waals surface area (Å²) in [7, 11) is 0. The summed E-state index contributed by atoms with van der Waals surface area (Å²) in [5.41, 5.74) is 9.18. The number of nitrogen functional groups attached to an aromatic ring is 1. The van der Waals surface area contributed by atoms with Gasteiger partial charge in [-0.2, -0.15) is 15.5 Å². The van der Waals surface area contributed by atoms with Crippen molar-refractivity contribution >= 4 is 22.6 Å². The van der Waals surface area contributed by atoms with Crippen LogP contribution in [0.1, 0.15) is 28.0 Å². The zero-order valence-electron chi connectivity index (χ0n) is 15.6. The average molecular weight is 385 g/mol. The molecule has 0 saturated heterocycles. The number of nitriles is 1. The quantitative estimate of drug-likeness (QED) is 0.440. The molecule has 2 heterocycles. The fraction of sp³-hybridized carbons (Fsp3) is 0.143. The predicted molar refractivity (Wildman–Crippen MR) is 109 cm³/mol.